The summed E-state index contributed by atoms with van der Waals surface area (Å²) in [5.74, 6) is 1.30. The van der Waals surface area contributed by atoms with Crippen LogP contribution in [0.2, 0.25) is 0 Å². The Hall–Kier alpha value is -2.87. The molecule has 0 aliphatic carbocycles. The van der Waals surface area contributed by atoms with E-state index >= 15 is 0 Å². The summed E-state index contributed by atoms with van der Waals surface area (Å²) < 4.78 is 5.79. The molecule has 27 heavy (non-hydrogen) atoms. The first-order chi connectivity index (χ1) is 13.2. The quantitative estimate of drug-likeness (QED) is 0.608. The summed E-state index contributed by atoms with van der Waals surface area (Å²) in [6, 6.07) is 8.26. The van der Waals surface area contributed by atoms with Crippen LogP contribution in [0.15, 0.2) is 41.2 Å². The zero-order chi connectivity index (χ0) is 18.9. The average molecular weight is 370 g/mol. The Morgan fingerprint density at radius 3 is 2.96 bits per heavy atom. The number of piperidine rings is 1. The highest BCUT2D eigenvalue weighted by atomic mass is 16.5. The van der Waals surface area contributed by atoms with Crippen molar-refractivity contribution < 1.29 is 4.74 Å². The van der Waals surface area contributed by atoms with Crippen molar-refractivity contribution in [3.63, 3.8) is 0 Å². The average Bonchev–Trinajstić information content (AvgIpc) is 2.68. The van der Waals surface area contributed by atoms with Crippen molar-refractivity contribution in [3.8, 4) is 5.75 Å². The molecular weight excluding hydrogens is 344 g/mol. The Bertz CT molecular complexity index is 814. The zero-order valence-corrected chi connectivity index (χ0v) is 15.4. The number of hydrogen-bond donors (Lipinski definition) is 3. The molecule has 1 fully saturated rings. The van der Waals surface area contributed by atoms with Gasteiger partial charge in [-0.05, 0) is 49.7 Å². The van der Waals surface area contributed by atoms with Gasteiger partial charge < -0.3 is 15.8 Å². The topological polar surface area (TPSA) is 109 Å². The Morgan fingerprint density at radius 1 is 1.26 bits per heavy atom. The lowest BCUT2D eigenvalue weighted by molar-refractivity contribution is 0.220. The molecule has 0 unspecified atom stereocenters. The lowest BCUT2D eigenvalue weighted by Gasteiger charge is -2.26. The summed E-state index contributed by atoms with van der Waals surface area (Å²) in [5, 5.41) is 8.76. The van der Waals surface area contributed by atoms with Crippen LogP contribution >= 0.6 is 0 Å². The van der Waals surface area contributed by atoms with Crippen LogP contribution in [0.3, 0.4) is 0 Å². The lowest BCUT2D eigenvalue weighted by atomic mass is 10.1. The smallest absolute Gasteiger partial charge is 0.363 e. The molecule has 8 nitrogen and oxygen atoms in total. The zero-order valence-electron chi connectivity index (χ0n) is 15.4. The summed E-state index contributed by atoms with van der Waals surface area (Å²) in [7, 11) is 0. The molecule has 4 N–H and O–H groups in total. The molecule has 1 aromatic heterocycles. The molecule has 144 valence electrons. The minimum absolute atomic E-state index is 0.157. The first-order valence-electron chi connectivity index (χ1n) is 9.26. The second-order valence-electron chi connectivity index (χ2n) is 6.52. The van der Waals surface area contributed by atoms with Gasteiger partial charge in [0.05, 0.1) is 0 Å². The second kappa shape index (κ2) is 9.72. The van der Waals surface area contributed by atoms with Crippen LogP contribution in [0.5, 0.6) is 5.75 Å². The van der Waals surface area contributed by atoms with Crippen LogP contribution in [0.1, 0.15) is 24.8 Å². The number of benzene rings is 1. The molecule has 0 bridgehead atoms. The van der Waals surface area contributed by atoms with Gasteiger partial charge in [0.2, 0.25) is 0 Å². The van der Waals surface area contributed by atoms with Crippen molar-refractivity contribution in [2.45, 2.75) is 25.8 Å². The third-order valence-corrected chi connectivity index (χ3v) is 4.38. The Kier molecular flexibility index (Phi) is 6.81. The van der Waals surface area contributed by atoms with Gasteiger partial charge in [0.15, 0.2) is 11.6 Å². The minimum Gasteiger partial charge on any atom is -0.490 e. The number of ether oxygens (including phenoxy) is 1. The second-order valence-corrected chi connectivity index (χ2v) is 6.52. The number of nitrogens with one attached hydrogen (secondary N) is 2. The Morgan fingerprint density at radius 2 is 2.11 bits per heavy atom. The van der Waals surface area contributed by atoms with E-state index in [4.69, 9.17) is 10.5 Å². The third kappa shape index (κ3) is 6.10. The highest BCUT2D eigenvalue weighted by Gasteiger charge is 2.10. The normalized spacial score (nSPS) is 15.1. The molecule has 0 saturated carbocycles. The van der Waals surface area contributed by atoms with Crippen LogP contribution < -0.4 is 21.5 Å². The van der Waals surface area contributed by atoms with Gasteiger partial charge in [0.25, 0.3) is 0 Å². The predicted molar refractivity (Wildman–Crippen MR) is 106 cm³/mol. The van der Waals surface area contributed by atoms with E-state index in [-0.39, 0.29) is 11.6 Å². The van der Waals surface area contributed by atoms with Gasteiger partial charge in [-0.2, -0.15) is 4.98 Å². The number of anilines is 2. The molecule has 1 aliphatic heterocycles. The number of aromatic amines is 1. The minimum atomic E-state index is -0.538. The number of hydrogen-bond acceptors (Lipinski definition) is 7. The van der Waals surface area contributed by atoms with Crippen molar-refractivity contribution in [1.82, 2.24) is 20.1 Å². The molecule has 0 radical (unpaired) electrons. The molecule has 3 rings (SSSR count). The largest absolute Gasteiger partial charge is 0.490 e. The summed E-state index contributed by atoms with van der Waals surface area (Å²) in [5.41, 5.74) is 6.37. The first-order valence-corrected chi connectivity index (χ1v) is 9.26. The number of nitrogens with zero attached hydrogens (tertiary/aromatic N) is 3. The standard InChI is InChI=1S/C19H26N6O2/c20-17-18(22-19(26)24-23-17)21-9-2-5-12-27-16-8-6-7-15(13-16)14-25-10-3-1-4-11-25/h2,5-8,13H,1,3-4,9-12,14H2,(H2,20,23)(H2,21,22,24,26)/b5-2-. The van der Waals surface area contributed by atoms with E-state index < -0.39 is 5.69 Å². The number of aromatic nitrogens is 3. The molecule has 2 aromatic rings. The van der Waals surface area contributed by atoms with Crippen LogP contribution in [0, 0.1) is 0 Å². The van der Waals surface area contributed by atoms with E-state index in [1.807, 2.05) is 24.3 Å². The van der Waals surface area contributed by atoms with Gasteiger partial charge in [-0.1, -0.05) is 24.6 Å². The molecule has 1 aromatic carbocycles. The van der Waals surface area contributed by atoms with Crippen LogP contribution in [-0.2, 0) is 6.54 Å². The summed E-state index contributed by atoms with van der Waals surface area (Å²) >= 11 is 0. The van der Waals surface area contributed by atoms with Gasteiger partial charge in [-0.3, -0.25) is 4.90 Å². The molecule has 1 saturated heterocycles. The molecular formula is C19H26N6O2. The van der Waals surface area contributed by atoms with E-state index in [0.717, 1.165) is 12.3 Å². The maximum Gasteiger partial charge on any atom is 0.363 e. The van der Waals surface area contributed by atoms with Crippen molar-refractivity contribution in [2.24, 2.45) is 0 Å². The number of nitrogens with two attached hydrogens (primary N) is 1. The maximum atomic E-state index is 11.1. The van der Waals surface area contributed by atoms with Crippen LogP contribution in [0.4, 0.5) is 11.6 Å². The van der Waals surface area contributed by atoms with E-state index in [9.17, 15) is 4.79 Å². The summed E-state index contributed by atoms with van der Waals surface area (Å²) in [6.07, 6.45) is 7.73. The molecule has 1 aliphatic rings. The molecule has 0 atom stereocenters. The van der Waals surface area contributed by atoms with Crippen molar-refractivity contribution in [2.75, 3.05) is 37.3 Å². The van der Waals surface area contributed by atoms with Gasteiger partial charge >= 0.3 is 5.69 Å². The summed E-state index contributed by atoms with van der Waals surface area (Å²) in [4.78, 5) is 17.3. The molecule has 0 amide bonds. The van der Waals surface area contributed by atoms with E-state index in [1.165, 1.54) is 37.9 Å². The monoisotopic (exact) mass is 370 g/mol. The van der Waals surface area contributed by atoms with Gasteiger partial charge in [0, 0.05) is 13.1 Å². The van der Waals surface area contributed by atoms with Crippen molar-refractivity contribution in [1.29, 1.82) is 0 Å². The number of H-pyrrole nitrogens is 1. The summed E-state index contributed by atoms with van der Waals surface area (Å²) in [6.45, 7) is 4.29. The van der Waals surface area contributed by atoms with Crippen molar-refractivity contribution in [3.05, 3.63) is 52.5 Å². The van der Waals surface area contributed by atoms with E-state index in [1.54, 1.807) is 0 Å². The Labute approximate surface area is 158 Å². The SMILES string of the molecule is Nc1n[nH]c(=O)nc1NC/C=C\COc1cccc(CN2CCCCC2)c1. The highest BCUT2D eigenvalue weighted by molar-refractivity contribution is 5.54. The lowest BCUT2D eigenvalue weighted by Crippen LogP contribution is -2.29. The van der Waals surface area contributed by atoms with Gasteiger partial charge in [-0.15, -0.1) is 5.10 Å². The number of nitrogen functional groups attached to an aromatic ring is 1. The Balaban J connectivity index is 1.42. The number of rotatable bonds is 8. The fourth-order valence-electron chi connectivity index (χ4n) is 3.04. The fraction of sp³-hybridized carbons (Fsp3) is 0.421. The number of likely N-dealkylation sites (tertiary alicyclic amines) is 1. The molecule has 0 spiro atoms. The first kappa shape index (κ1) is 18.9. The third-order valence-electron chi connectivity index (χ3n) is 4.38. The van der Waals surface area contributed by atoms with Crippen LogP contribution in [0.25, 0.3) is 0 Å². The van der Waals surface area contributed by atoms with Gasteiger partial charge in [0.1, 0.15) is 12.4 Å². The maximum absolute atomic E-state index is 11.1. The van der Waals surface area contributed by atoms with E-state index in [2.05, 4.69) is 37.5 Å². The fourth-order valence-corrected chi connectivity index (χ4v) is 3.04. The van der Waals surface area contributed by atoms with Crippen LogP contribution in [-0.4, -0.2) is 46.3 Å². The molecule has 2 heterocycles. The predicted octanol–water partition coefficient (Wildman–Crippen LogP) is 1.78. The highest BCUT2D eigenvalue weighted by Crippen LogP contribution is 2.17. The van der Waals surface area contributed by atoms with E-state index in [0.29, 0.717) is 13.2 Å². The molecule has 8 heteroatoms. The van der Waals surface area contributed by atoms with Crippen molar-refractivity contribution >= 4 is 11.6 Å². The van der Waals surface area contributed by atoms with Gasteiger partial charge in [-0.25, -0.2) is 9.89 Å².